The molecule has 1 amide bonds. The van der Waals surface area contributed by atoms with Crippen molar-refractivity contribution >= 4 is 17.5 Å². The number of nitrogens with zero attached hydrogens (tertiary/aromatic N) is 2. The van der Waals surface area contributed by atoms with Crippen molar-refractivity contribution in [2.24, 2.45) is 0 Å². The van der Waals surface area contributed by atoms with Crippen molar-refractivity contribution in [2.45, 2.75) is 52.0 Å². The molecule has 1 fully saturated rings. The van der Waals surface area contributed by atoms with E-state index in [0.717, 1.165) is 55.1 Å². The molecule has 4 nitrogen and oxygen atoms in total. The lowest BCUT2D eigenvalue weighted by atomic mass is 10.1. The minimum Gasteiger partial charge on any atom is -0.351 e. The number of likely N-dealkylation sites (tertiary alicyclic amines) is 1. The number of hydrogen-bond donors (Lipinski definition) is 0. The van der Waals surface area contributed by atoms with Gasteiger partial charge in [-0.25, -0.2) is 0 Å². The van der Waals surface area contributed by atoms with E-state index in [-0.39, 0.29) is 18.2 Å². The molecule has 164 valence electrons. The third-order valence-electron chi connectivity index (χ3n) is 6.49. The summed E-state index contributed by atoms with van der Waals surface area (Å²) in [4.78, 5) is 17.2. The summed E-state index contributed by atoms with van der Waals surface area (Å²) in [5, 5.41) is 0.731. The number of carbonyl (C=O) groups is 1. The van der Waals surface area contributed by atoms with Crippen LogP contribution in [0.2, 0.25) is 5.02 Å². The van der Waals surface area contributed by atoms with Gasteiger partial charge in [-0.3, -0.25) is 9.69 Å². The van der Waals surface area contributed by atoms with Crippen LogP contribution in [0.15, 0.2) is 65.7 Å². The van der Waals surface area contributed by atoms with Gasteiger partial charge in [0.2, 0.25) is 0 Å². The highest BCUT2D eigenvalue weighted by Crippen LogP contribution is 2.30. The van der Waals surface area contributed by atoms with Crippen molar-refractivity contribution in [1.29, 1.82) is 0 Å². The van der Waals surface area contributed by atoms with E-state index in [1.54, 1.807) is 0 Å². The Balaban J connectivity index is 1.33. The number of halogens is 1. The summed E-state index contributed by atoms with van der Waals surface area (Å²) in [6.07, 6.45) is 2.72. The SMILES string of the molecule is CC1=C(C)[C@@H](OC2CCN(Cc3ccccc3)CC2)N(CCc2ccc(Cl)cc2)C1=O. The maximum absolute atomic E-state index is 12.9. The molecule has 0 unspecified atom stereocenters. The Hall–Kier alpha value is -2.14. The monoisotopic (exact) mass is 438 g/mol. The number of carbonyl (C=O) groups excluding carboxylic acids is 1. The highest BCUT2D eigenvalue weighted by molar-refractivity contribution is 6.30. The third kappa shape index (κ3) is 5.38. The first-order valence-corrected chi connectivity index (χ1v) is 11.5. The summed E-state index contributed by atoms with van der Waals surface area (Å²) >= 11 is 5.99. The molecule has 0 bridgehead atoms. The van der Waals surface area contributed by atoms with Gasteiger partial charge in [0, 0.05) is 36.8 Å². The summed E-state index contributed by atoms with van der Waals surface area (Å²) < 4.78 is 6.52. The molecule has 0 aromatic heterocycles. The molecule has 2 aliphatic heterocycles. The second-order valence-corrected chi connectivity index (χ2v) is 9.07. The van der Waals surface area contributed by atoms with Crippen LogP contribution in [0.4, 0.5) is 0 Å². The zero-order valence-corrected chi connectivity index (χ0v) is 19.1. The van der Waals surface area contributed by atoms with Crippen LogP contribution in [0.1, 0.15) is 37.8 Å². The van der Waals surface area contributed by atoms with E-state index in [0.29, 0.717) is 6.54 Å². The molecular formula is C26H31ClN2O2. The first-order valence-electron chi connectivity index (χ1n) is 11.2. The highest BCUT2D eigenvalue weighted by Gasteiger charge is 2.37. The van der Waals surface area contributed by atoms with Crippen molar-refractivity contribution < 1.29 is 9.53 Å². The normalized spacial score (nSPS) is 20.7. The van der Waals surface area contributed by atoms with E-state index in [1.165, 1.54) is 11.1 Å². The number of amides is 1. The highest BCUT2D eigenvalue weighted by atomic mass is 35.5. The Morgan fingerprint density at radius 1 is 0.968 bits per heavy atom. The van der Waals surface area contributed by atoms with Gasteiger partial charge in [0.25, 0.3) is 5.91 Å². The standard InChI is InChI=1S/C26H31ClN2O2/c1-19-20(2)26(29(25(19)30)17-12-21-8-10-23(27)11-9-21)31-24-13-15-28(16-14-24)18-22-6-4-3-5-7-22/h3-11,24,26H,12-18H2,1-2H3/t26-/m1/s1. The average Bonchev–Trinajstić information content (AvgIpc) is 2.99. The summed E-state index contributed by atoms with van der Waals surface area (Å²) in [5.41, 5.74) is 4.40. The zero-order valence-electron chi connectivity index (χ0n) is 18.4. The summed E-state index contributed by atoms with van der Waals surface area (Å²) in [5.74, 6) is 0.0953. The van der Waals surface area contributed by atoms with Gasteiger partial charge >= 0.3 is 0 Å². The van der Waals surface area contributed by atoms with E-state index >= 15 is 0 Å². The third-order valence-corrected chi connectivity index (χ3v) is 6.74. The number of piperidine rings is 1. The number of benzene rings is 2. The van der Waals surface area contributed by atoms with Crippen LogP contribution >= 0.6 is 11.6 Å². The van der Waals surface area contributed by atoms with Crippen molar-refractivity contribution in [1.82, 2.24) is 9.80 Å². The van der Waals surface area contributed by atoms with Gasteiger partial charge in [0.15, 0.2) is 6.23 Å². The van der Waals surface area contributed by atoms with Gasteiger partial charge in [0.1, 0.15) is 0 Å². The maximum Gasteiger partial charge on any atom is 0.251 e. The average molecular weight is 439 g/mol. The fourth-order valence-electron chi connectivity index (χ4n) is 4.43. The van der Waals surface area contributed by atoms with Crippen LogP contribution in [0.3, 0.4) is 0 Å². The van der Waals surface area contributed by atoms with E-state index in [1.807, 2.05) is 43.0 Å². The second-order valence-electron chi connectivity index (χ2n) is 8.63. The Morgan fingerprint density at radius 3 is 2.32 bits per heavy atom. The molecule has 0 saturated carbocycles. The Bertz CT molecular complexity index is 918. The van der Waals surface area contributed by atoms with Crippen LogP contribution in [-0.2, 0) is 22.5 Å². The molecule has 2 aromatic carbocycles. The molecule has 1 saturated heterocycles. The lowest BCUT2D eigenvalue weighted by Gasteiger charge is -2.36. The molecular weight excluding hydrogens is 408 g/mol. The first kappa shape index (κ1) is 22.1. The van der Waals surface area contributed by atoms with Crippen LogP contribution in [0.25, 0.3) is 0 Å². The minimum absolute atomic E-state index is 0.0953. The van der Waals surface area contributed by atoms with E-state index < -0.39 is 0 Å². The Kier molecular flexibility index (Phi) is 7.11. The predicted molar refractivity (Wildman–Crippen MR) is 125 cm³/mol. The molecule has 0 spiro atoms. The Morgan fingerprint density at radius 2 is 1.65 bits per heavy atom. The van der Waals surface area contributed by atoms with Crippen molar-refractivity contribution in [3.8, 4) is 0 Å². The minimum atomic E-state index is -0.245. The van der Waals surface area contributed by atoms with Crippen LogP contribution < -0.4 is 0 Å². The quantitative estimate of drug-likeness (QED) is 0.605. The van der Waals surface area contributed by atoms with Gasteiger partial charge in [-0.2, -0.15) is 0 Å². The van der Waals surface area contributed by atoms with Gasteiger partial charge < -0.3 is 9.64 Å². The zero-order chi connectivity index (χ0) is 21.8. The molecule has 0 radical (unpaired) electrons. The second kappa shape index (κ2) is 9.99. The largest absolute Gasteiger partial charge is 0.351 e. The van der Waals surface area contributed by atoms with Gasteiger partial charge in [-0.15, -0.1) is 0 Å². The molecule has 2 aliphatic rings. The summed E-state index contributed by atoms with van der Waals surface area (Å²) in [6, 6.07) is 18.5. The lowest BCUT2D eigenvalue weighted by molar-refractivity contribution is -0.141. The summed E-state index contributed by atoms with van der Waals surface area (Å²) in [7, 11) is 0. The number of rotatable bonds is 7. The molecule has 31 heavy (non-hydrogen) atoms. The molecule has 5 heteroatoms. The first-order chi connectivity index (χ1) is 15.0. The van der Waals surface area contributed by atoms with Crippen molar-refractivity contribution in [2.75, 3.05) is 19.6 Å². The molecule has 0 N–H and O–H groups in total. The summed E-state index contributed by atoms with van der Waals surface area (Å²) in [6.45, 7) is 7.62. The molecule has 0 aliphatic carbocycles. The van der Waals surface area contributed by atoms with E-state index in [2.05, 4.69) is 35.2 Å². The maximum atomic E-state index is 12.9. The van der Waals surface area contributed by atoms with Gasteiger partial charge in [0.05, 0.1) is 6.10 Å². The van der Waals surface area contributed by atoms with Crippen molar-refractivity contribution in [3.05, 3.63) is 81.9 Å². The number of hydrogen-bond acceptors (Lipinski definition) is 3. The fraction of sp³-hybridized carbons (Fsp3) is 0.423. The van der Waals surface area contributed by atoms with Gasteiger partial charge in [-0.05, 0) is 61.9 Å². The van der Waals surface area contributed by atoms with Crippen LogP contribution in [0.5, 0.6) is 0 Å². The molecule has 2 heterocycles. The van der Waals surface area contributed by atoms with E-state index in [9.17, 15) is 4.79 Å². The van der Waals surface area contributed by atoms with Crippen LogP contribution in [-0.4, -0.2) is 47.7 Å². The lowest BCUT2D eigenvalue weighted by Crippen LogP contribution is -2.44. The topological polar surface area (TPSA) is 32.8 Å². The van der Waals surface area contributed by atoms with E-state index in [4.69, 9.17) is 16.3 Å². The van der Waals surface area contributed by atoms with Crippen molar-refractivity contribution in [3.63, 3.8) is 0 Å². The van der Waals surface area contributed by atoms with Crippen LogP contribution in [0, 0.1) is 0 Å². The smallest absolute Gasteiger partial charge is 0.251 e. The Labute approximate surface area is 190 Å². The predicted octanol–water partition coefficient (Wildman–Crippen LogP) is 5.07. The molecule has 2 aromatic rings. The fourth-order valence-corrected chi connectivity index (χ4v) is 4.56. The molecule has 1 atom stereocenters. The molecule has 4 rings (SSSR count). The number of ether oxygens (including phenoxy) is 1. The van der Waals surface area contributed by atoms with Gasteiger partial charge in [-0.1, -0.05) is 54.1 Å².